The molecule has 1 atom stereocenters. The van der Waals surface area contributed by atoms with Crippen LogP contribution in [0, 0.1) is 12.0 Å². The number of fused-ring (bicyclic) bond motifs is 6. The number of hydrogen-bond acceptors (Lipinski definition) is 6. The maximum atomic E-state index is 14.4. The maximum absolute atomic E-state index is 14.4. The first-order chi connectivity index (χ1) is 12.8. The van der Waals surface area contributed by atoms with E-state index in [0.717, 1.165) is 29.3 Å². The Kier molecular flexibility index (Phi) is 2.64. The zero-order valence-electron chi connectivity index (χ0n) is 13.8. The van der Waals surface area contributed by atoms with E-state index in [4.69, 9.17) is 0 Å². The van der Waals surface area contributed by atoms with Crippen LogP contribution in [0.25, 0.3) is 5.69 Å². The van der Waals surface area contributed by atoms with Gasteiger partial charge in [-0.1, -0.05) is 18.2 Å². The Morgan fingerprint density at radius 3 is 2.96 bits per heavy atom. The molecule has 1 unspecified atom stereocenters. The van der Waals surface area contributed by atoms with Crippen molar-refractivity contribution in [3.8, 4) is 5.69 Å². The lowest BCUT2D eigenvalue weighted by Crippen LogP contribution is -2.49. The predicted molar refractivity (Wildman–Crippen MR) is 91.9 cm³/mol. The molecule has 0 amide bonds. The normalized spacial score (nSPS) is 20.3. The molecule has 0 spiro atoms. The standard InChI is InChI=1S/C17H15FN8/c18-17-19-8-15-25(17)14-4-2-1-3-13(14)16-20-10-24(26(15)16)23-9-12(21-22-23)7-11-5-6-11/h1-4,8-11,16H,5-7H2. The summed E-state index contributed by atoms with van der Waals surface area (Å²) in [5, 5.41) is 12.1. The summed E-state index contributed by atoms with van der Waals surface area (Å²) in [6, 6.07) is 7.65. The molecule has 0 radical (unpaired) electrons. The van der Waals surface area contributed by atoms with Crippen LogP contribution in [0.1, 0.15) is 30.3 Å². The summed E-state index contributed by atoms with van der Waals surface area (Å²) >= 11 is 0. The minimum absolute atomic E-state index is 0.286. The molecule has 8 nitrogen and oxygen atoms in total. The number of para-hydroxylation sites is 1. The Morgan fingerprint density at radius 2 is 2.08 bits per heavy atom. The van der Waals surface area contributed by atoms with Gasteiger partial charge in [-0.15, -0.1) is 9.89 Å². The molecule has 0 N–H and O–H groups in total. The van der Waals surface area contributed by atoms with Gasteiger partial charge in [0.1, 0.15) is 6.34 Å². The van der Waals surface area contributed by atoms with Crippen LogP contribution in [-0.2, 0) is 6.42 Å². The van der Waals surface area contributed by atoms with Crippen molar-refractivity contribution in [3.63, 3.8) is 0 Å². The third-order valence-electron chi connectivity index (χ3n) is 5.09. The summed E-state index contributed by atoms with van der Waals surface area (Å²) in [5.74, 6) is 1.33. The number of halogens is 1. The van der Waals surface area contributed by atoms with Crippen molar-refractivity contribution in [1.82, 2.24) is 24.7 Å². The number of anilines is 1. The molecule has 1 saturated carbocycles. The van der Waals surface area contributed by atoms with Crippen molar-refractivity contribution in [2.75, 3.05) is 10.1 Å². The topological polar surface area (TPSA) is 67.4 Å². The van der Waals surface area contributed by atoms with Crippen molar-refractivity contribution in [2.45, 2.75) is 25.4 Å². The van der Waals surface area contributed by atoms with Crippen LogP contribution < -0.4 is 10.1 Å². The molecule has 9 heteroatoms. The summed E-state index contributed by atoms with van der Waals surface area (Å²) in [6.07, 6.45) is 7.76. The van der Waals surface area contributed by atoms with Crippen molar-refractivity contribution < 1.29 is 4.39 Å². The number of imidazole rings is 1. The molecule has 2 aromatic heterocycles. The molecule has 4 heterocycles. The van der Waals surface area contributed by atoms with Gasteiger partial charge in [0, 0.05) is 5.56 Å². The van der Waals surface area contributed by atoms with Crippen LogP contribution in [0.3, 0.4) is 0 Å². The Morgan fingerprint density at radius 1 is 1.19 bits per heavy atom. The first kappa shape index (κ1) is 14.0. The van der Waals surface area contributed by atoms with E-state index in [1.165, 1.54) is 23.6 Å². The monoisotopic (exact) mass is 350 g/mol. The lowest BCUT2D eigenvalue weighted by atomic mass is 10.1. The third kappa shape index (κ3) is 1.88. The molecule has 26 heavy (non-hydrogen) atoms. The molecule has 0 bridgehead atoms. The molecule has 1 aromatic carbocycles. The summed E-state index contributed by atoms with van der Waals surface area (Å²) in [4.78, 5) is 10.1. The van der Waals surface area contributed by atoms with Crippen LogP contribution in [0.5, 0.6) is 0 Å². The van der Waals surface area contributed by atoms with Gasteiger partial charge in [0.25, 0.3) is 6.08 Å². The summed E-state index contributed by atoms with van der Waals surface area (Å²) in [6.45, 7) is 0. The number of aliphatic imine (C=N–C) groups is 1. The smallest absolute Gasteiger partial charge is 0.253 e. The summed E-state index contributed by atoms with van der Waals surface area (Å²) in [7, 11) is 0. The van der Waals surface area contributed by atoms with Gasteiger partial charge in [0.05, 0.1) is 23.8 Å². The molecular formula is C17H15FN8. The second kappa shape index (κ2) is 4.90. The highest BCUT2D eigenvalue weighted by atomic mass is 19.1. The molecular weight excluding hydrogens is 335 g/mol. The van der Waals surface area contributed by atoms with Gasteiger partial charge in [-0.2, -0.15) is 9.51 Å². The molecule has 3 aromatic rings. The Bertz CT molecular complexity index is 1030. The Labute approximate surface area is 148 Å². The zero-order valence-corrected chi connectivity index (χ0v) is 13.8. The fourth-order valence-electron chi connectivity index (χ4n) is 3.66. The molecule has 1 fully saturated rings. The number of aromatic nitrogens is 5. The van der Waals surface area contributed by atoms with Crippen LogP contribution in [0.15, 0.2) is 41.7 Å². The molecule has 1 aliphatic carbocycles. The Hall–Kier alpha value is -3.23. The van der Waals surface area contributed by atoms with E-state index in [1.54, 1.807) is 16.2 Å². The van der Waals surface area contributed by atoms with Gasteiger partial charge in [0.15, 0.2) is 12.0 Å². The number of hydrogen-bond donors (Lipinski definition) is 0. The molecule has 130 valence electrons. The van der Waals surface area contributed by atoms with E-state index in [1.807, 2.05) is 35.5 Å². The van der Waals surface area contributed by atoms with E-state index in [0.29, 0.717) is 5.82 Å². The van der Waals surface area contributed by atoms with Crippen LogP contribution in [0.2, 0.25) is 0 Å². The SMILES string of the molecule is Fc1ncc2n1-c1ccccc1C1N=CN(n3cc(CC4CC4)nn3)N21. The van der Waals surface area contributed by atoms with E-state index in [9.17, 15) is 4.39 Å². The highest BCUT2D eigenvalue weighted by molar-refractivity contribution is 5.78. The summed E-state index contributed by atoms with van der Waals surface area (Å²) < 4.78 is 15.9. The lowest BCUT2D eigenvalue weighted by molar-refractivity contribution is 0.495. The third-order valence-corrected chi connectivity index (χ3v) is 5.09. The number of nitrogens with zero attached hydrogens (tertiary/aromatic N) is 8. The average Bonchev–Trinajstić information content (AvgIpc) is 3.05. The van der Waals surface area contributed by atoms with Crippen molar-refractivity contribution in [3.05, 3.63) is 54.0 Å². The minimum atomic E-state index is -0.550. The Balaban J connectivity index is 1.44. The number of rotatable bonds is 3. The van der Waals surface area contributed by atoms with Gasteiger partial charge in [-0.3, -0.25) is 4.57 Å². The van der Waals surface area contributed by atoms with Crippen LogP contribution in [-0.4, -0.2) is 31.0 Å². The molecule has 2 aliphatic heterocycles. The minimum Gasteiger partial charge on any atom is -0.253 e. The highest BCUT2D eigenvalue weighted by Gasteiger charge is 2.40. The van der Waals surface area contributed by atoms with Gasteiger partial charge >= 0.3 is 0 Å². The van der Waals surface area contributed by atoms with Crippen molar-refractivity contribution in [1.29, 1.82) is 0 Å². The number of benzene rings is 1. The van der Waals surface area contributed by atoms with E-state index < -0.39 is 6.08 Å². The fraction of sp³-hybridized carbons (Fsp3) is 0.294. The maximum Gasteiger partial charge on any atom is 0.295 e. The second-order valence-corrected chi connectivity index (χ2v) is 6.86. The predicted octanol–water partition coefficient (Wildman–Crippen LogP) is 1.97. The fourth-order valence-corrected chi connectivity index (χ4v) is 3.66. The van der Waals surface area contributed by atoms with Gasteiger partial charge in [-0.25, -0.2) is 15.0 Å². The van der Waals surface area contributed by atoms with Crippen molar-refractivity contribution >= 4 is 12.2 Å². The lowest BCUT2D eigenvalue weighted by Gasteiger charge is -2.36. The molecule has 0 saturated heterocycles. The molecule has 3 aliphatic rings. The van der Waals surface area contributed by atoms with E-state index in [-0.39, 0.29) is 6.17 Å². The largest absolute Gasteiger partial charge is 0.295 e. The second-order valence-electron chi connectivity index (χ2n) is 6.86. The van der Waals surface area contributed by atoms with Crippen LogP contribution in [0.4, 0.5) is 10.2 Å². The van der Waals surface area contributed by atoms with Gasteiger partial charge in [0.2, 0.25) is 0 Å². The van der Waals surface area contributed by atoms with Crippen LogP contribution >= 0.6 is 0 Å². The van der Waals surface area contributed by atoms with Crippen molar-refractivity contribution in [2.24, 2.45) is 10.9 Å². The summed E-state index contributed by atoms with van der Waals surface area (Å²) in [5.41, 5.74) is 2.63. The van der Waals surface area contributed by atoms with E-state index in [2.05, 4.69) is 20.3 Å². The first-order valence-corrected chi connectivity index (χ1v) is 8.65. The first-order valence-electron chi connectivity index (χ1n) is 8.65. The quantitative estimate of drug-likeness (QED) is 0.722. The molecule has 6 rings (SSSR count). The zero-order chi connectivity index (χ0) is 17.3. The van der Waals surface area contributed by atoms with Gasteiger partial charge < -0.3 is 0 Å². The number of hydrazine groups is 1. The highest BCUT2D eigenvalue weighted by Crippen LogP contribution is 2.41. The average molecular weight is 350 g/mol. The van der Waals surface area contributed by atoms with E-state index >= 15 is 0 Å². The van der Waals surface area contributed by atoms with Gasteiger partial charge in [-0.05, 0) is 36.5 Å².